The minimum atomic E-state index is -0.734. The molecule has 5 heteroatoms. The molecule has 6 rings (SSSR count). The summed E-state index contributed by atoms with van der Waals surface area (Å²) >= 11 is 0. The van der Waals surface area contributed by atoms with E-state index in [1.165, 1.54) is 5.57 Å². The molecule has 1 heterocycles. The molecule has 0 radical (unpaired) electrons. The van der Waals surface area contributed by atoms with Gasteiger partial charge in [0.1, 0.15) is 6.10 Å². The molecule has 1 aliphatic heterocycles. The zero-order valence-electron chi connectivity index (χ0n) is 24.8. The summed E-state index contributed by atoms with van der Waals surface area (Å²) in [7, 11) is 1.81. The van der Waals surface area contributed by atoms with E-state index in [0.717, 1.165) is 44.9 Å². The molecule has 1 amide bonds. The van der Waals surface area contributed by atoms with Gasteiger partial charge < -0.3 is 15.2 Å². The van der Waals surface area contributed by atoms with Gasteiger partial charge in [-0.15, -0.1) is 0 Å². The summed E-state index contributed by atoms with van der Waals surface area (Å²) in [5.41, 5.74) is 1.06. The van der Waals surface area contributed by atoms with E-state index in [9.17, 15) is 15.2 Å². The molecular weight excluding hydrogens is 472 g/mol. The molecular formula is C33H48N2O3. The molecule has 5 nitrogen and oxygen atoms in total. The van der Waals surface area contributed by atoms with Gasteiger partial charge in [-0.3, -0.25) is 4.79 Å². The fourth-order valence-electron chi connectivity index (χ4n) is 11.1. The van der Waals surface area contributed by atoms with E-state index in [4.69, 9.17) is 4.74 Å². The van der Waals surface area contributed by atoms with Gasteiger partial charge in [-0.2, -0.15) is 5.26 Å². The van der Waals surface area contributed by atoms with E-state index in [1.54, 1.807) is 0 Å². The Kier molecular flexibility index (Phi) is 5.43. The second-order valence-electron chi connectivity index (χ2n) is 15.9. The number of aliphatic hydroxyl groups is 1. The number of nitrogens with zero attached hydrogens (tertiary/aromatic N) is 1. The second kappa shape index (κ2) is 7.76. The minimum absolute atomic E-state index is 0.0147. The molecule has 5 aliphatic carbocycles. The summed E-state index contributed by atoms with van der Waals surface area (Å²) < 4.78 is 6.57. The van der Waals surface area contributed by atoms with Crippen molar-refractivity contribution >= 4 is 5.91 Å². The average molecular weight is 521 g/mol. The van der Waals surface area contributed by atoms with Crippen LogP contribution in [0.3, 0.4) is 0 Å². The van der Waals surface area contributed by atoms with Crippen LogP contribution in [-0.4, -0.2) is 36.4 Å². The highest BCUT2D eigenvalue weighted by atomic mass is 16.6. The largest absolute Gasteiger partial charge is 0.387 e. The van der Waals surface area contributed by atoms with Crippen molar-refractivity contribution in [3.63, 3.8) is 0 Å². The van der Waals surface area contributed by atoms with Crippen molar-refractivity contribution in [2.75, 3.05) is 7.05 Å². The Balaban J connectivity index is 1.51. The molecule has 3 saturated carbocycles. The highest BCUT2D eigenvalue weighted by Gasteiger charge is 2.72. The molecule has 4 fully saturated rings. The van der Waals surface area contributed by atoms with Crippen LogP contribution in [0.1, 0.15) is 93.4 Å². The predicted molar refractivity (Wildman–Crippen MR) is 148 cm³/mol. The van der Waals surface area contributed by atoms with Gasteiger partial charge in [0.2, 0.25) is 5.91 Å². The van der Waals surface area contributed by atoms with E-state index in [0.29, 0.717) is 17.4 Å². The molecule has 6 aliphatic rings. The van der Waals surface area contributed by atoms with Crippen LogP contribution in [0.25, 0.3) is 0 Å². The van der Waals surface area contributed by atoms with Gasteiger partial charge in [-0.1, -0.05) is 66.2 Å². The average Bonchev–Trinajstić information content (AvgIpc) is 3.61. The van der Waals surface area contributed by atoms with Gasteiger partial charge in [0.05, 0.1) is 29.3 Å². The molecule has 0 spiro atoms. The number of amides is 1. The molecule has 0 aromatic rings. The minimum Gasteiger partial charge on any atom is -0.387 e. The summed E-state index contributed by atoms with van der Waals surface area (Å²) in [6.07, 6.45) is 11.2. The van der Waals surface area contributed by atoms with Crippen LogP contribution >= 0.6 is 0 Å². The van der Waals surface area contributed by atoms with Gasteiger partial charge >= 0.3 is 0 Å². The Labute approximate surface area is 229 Å². The summed E-state index contributed by atoms with van der Waals surface area (Å²) in [4.78, 5) is 13.7. The lowest BCUT2D eigenvalue weighted by Gasteiger charge is -2.67. The number of fused-ring (bicyclic) bond motifs is 9. The molecule has 0 aromatic heterocycles. The van der Waals surface area contributed by atoms with Crippen molar-refractivity contribution in [3.05, 3.63) is 23.3 Å². The number of epoxide rings is 1. The van der Waals surface area contributed by atoms with Gasteiger partial charge in [0.25, 0.3) is 0 Å². The third-order valence-corrected chi connectivity index (χ3v) is 13.5. The lowest BCUT2D eigenvalue weighted by atomic mass is 9.36. The quantitative estimate of drug-likeness (QED) is 0.331. The van der Waals surface area contributed by atoms with E-state index < -0.39 is 6.10 Å². The maximum atomic E-state index is 13.7. The van der Waals surface area contributed by atoms with Crippen molar-refractivity contribution in [1.29, 1.82) is 5.26 Å². The first kappa shape index (κ1) is 26.6. The number of hydrogen-bond acceptors (Lipinski definition) is 4. The monoisotopic (exact) mass is 520 g/mol. The molecule has 0 bridgehead atoms. The molecule has 208 valence electrons. The molecule has 1 saturated heterocycles. The lowest BCUT2D eigenvalue weighted by molar-refractivity contribution is -0.175. The smallest absolute Gasteiger partial charge is 0.226 e. The number of nitriles is 1. The Hall–Kier alpha value is -1.64. The van der Waals surface area contributed by atoms with Crippen LogP contribution in [0.15, 0.2) is 23.3 Å². The lowest BCUT2D eigenvalue weighted by Crippen LogP contribution is -2.64. The maximum absolute atomic E-state index is 13.7. The van der Waals surface area contributed by atoms with Crippen LogP contribution in [0.2, 0.25) is 0 Å². The van der Waals surface area contributed by atoms with Crippen molar-refractivity contribution in [2.24, 2.45) is 50.2 Å². The number of ether oxygens (including phenoxy) is 1. The van der Waals surface area contributed by atoms with E-state index in [2.05, 4.69) is 72.0 Å². The summed E-state index contributed by atoms with van der Waals surface area (Å²) in [6.45, 7) is 16.4. The van der Waals surface area contributed by atoms with Crippen LogP contribution in [0.5, 0.6) is 0 Å². The van der Waals surface area contributed by atoms with E-state index in [-0.39, 0.29) is 56.5 Å². The van der Waals surface area contributed by atoms with Crippen molar-refractivity contribution in [2.45, 2.75) is 112 Å². The number of rotatable bonds is 1. The van der Waals surface area contributed by atoms with Gasteiger partial charge in [0.15, 0.2) is 0 Å². The van der Waals surface area contributed by atoms with E-state index in [1.807, 2.05) is 7.05 Å². The number of aliphatic hydroxyl groups excluding tert-OH is 1. The summed E-state index contributed by atoms with van der Waals surface area (Å²) in [5.74, 6) is 1.10. The van der Waals surface area contributed by atoms with Gasteiger partial charge in [-0.05, 0) is 84.4 Å². The van der Waals surface area contributed by atoms with E-state index >= 15 is 0 Å². The molecule has 2 N–H and O–H groups in total. The first-order valence-corrected chi connectivity index (χ1v) is 15.0. The van der Waals surface area contributed by atoms with Crippen LogP contribution in [0.4, 0.5) is 0 Å². The number of carbonyl (C=O) groups is 1. The summed E-state index contributed by atoms with van der Waals surface area (Å²) in [6, 6.07) is 2.36. The first-order valence-electron chi connectivity index (χ1n) is 15.0. The Bertz CT molecular complexity index is 1180. The number of carbonyl (C=O) groups excluding carboxylic acids is 1. The number of hydrogen-bond donors (Lipinski definition) is 2. The highest BCUT2D eigenvalue weighted by Crippen LogP contribution is 2.76. The first-order chi connectivity index (χ1) is 17.6. The SMILES string of the molecule is CNC(=O)[C@]12CCC(C)(C)CC1C1C3OC3C=C3[C@@]4(C)C=C(C#N)C(O)C(C)(C)C4CC[C@@]3(C)[C@]1(C)CC2. The van der Waals surface area contributed by atoms with Crippen molar-refractivity contribution in [3.8, 4) is 6.07 Å². The zero-order valence-corrected chi connectivity index (χ0v) is 24.8. The number of nitrogens with one attached hydrogen (secondary N) is 1. The Morgan fingerprint density at radius 1 is 1.08 bits per heavy atom. The molecule has 6 unspecified atom stereocenters. The van der Waals surface area contributed by atoms with Crippen molar-refractivity contribution < 1.29 is 14.6 Å². The number of allylic oxidation sites excluding steroid dienone is 2. The summed E-state index contributed by atoms with van der Waals surface area (Å²) in [5, 5.41) is 24.3. The third kappa shape index (κ3) is 3.08. The molecule has 10 atom stereocenters. The van der Waals surface area contributed by atoms with Crippen LogP contribution in [0, 0.1) is 61.6 Å². The normalized spacial score (nSPS) is 51.7. The van der Waals surface area contributed by atoms with Crippen LogP contribution in [-0.2, 0) is 9.53 Å². The topological polar surface area (TPSA) is 85.7 Å². The van der Waals surface area contributed by atoms with Gasteiger partial charge in [-0.25, -0.2) is 0 Å². The second-order valence-corrected chi connectivity index (χ2v) is 15.9. The zero-order chi connectivity index (χ0) is 27.7. The van der Waals surface area contributed by atoms with Gasteiger partial charge in [0, 0.05) is 12.5 Å². The fraction of sp³-hybridized carbons (Fsp3) is 0.818. The fourth-order valence-corrected chi connectivity index (χ4v) is 11.1. The third-order valence-electron chi connectivity index (χ3n) is 13.5. The van der Waals surface area contributed by atoms with Crippen LogP contribution < -0.4 is 5.32 Å². The molecule has 38 heavy (non-hydrogen) atoms. The Morgan fingerprint density at radius 3 is 2.42 bits per heavy atom. The predicted octanol–water partition coefficient (Wildman–Crippen LogP) is 5.94. The highest BCUT2D eigenvalue weighted by molar-refractivity contribution is 5.83. The van der Waals surface area contributed by atoms with Crippen molar-refractivity contribution in [1.82, 2.24) is 5.32 Å². The molecule has 0 aromatic carbocycles. The maximum Gasteiger partial charge on any atom is 0.226 e. The Morgan fingerprint density at radius 2 is 1.76 bits per heavy atom. The standard InChI is InChI=1S/C33H48N2O3/c1-28(2)11-13-33(27(37)35-8)14-12-32(7)24(20(33)17-28)25-21(38-25)15-23-30(5)16-19(18-34)26(36)29(3,4)22(30)9-10-31(23,32)6/h15-16,20-22,24-26,36H,9-14,17H2,1-8H3,(H,35,37)/t20?,21?,22?,24?,25?,26?,30-,31+,32+,33-/m0/s1.